The lowest BCUT2D eigenvalue weighted by Crippen LogP contribution is -2.30. The number of nitroso groups, excluding NO2 is 1. The number of sulfone groups is 1. The van der Waals surface area contributed by atoms with E-state index in [9.17, 15) is 22.9 Å². The molecule has 2 N–H and O–H groups in total. The summed E-state index contributed by atoms with van der Waals surface area (Å²) in [4.78, 5) is 31.7. The van der Waals surface area contributed by atoms with Gasteiger partial charge in [0.2, 0.25) is 0 Å². The average molecular weight is 325 g/mol. The zero-order valence-corrected chi connectivity index (χ0v) is 12.5. The van der Waals surface area contributed by atoms with Gasteiger partial charge in [0.15, 0.2) is 9.84 Å². The molecular formula is C10H19N3O7S. The Morgan fingerprint density at radius 2 is 1.57 bits per heavy atom. The fraction of sp³-hybridized carbons (Fsp3) is 0.800. The van der Waals surface area contributed by atoms with E-state index in [1.54, 1.807) is 6.92 Å². The maximum absolute atomic E-state index is 11.5. The minimum atomic E-state index is -3.49. The highest BCUT2D eigenvalue weighted by molar-refractivity contribution is 7.91. The molecular weight excluding hydrogens is 306 g/mol. The lowest BCUT2D eigenvalue weighted by Gasteiger charge is -2.07. The molecule has 0 atom stereocenters. The fourth-order valence-electron chi connectivity index (χ4n) is 1.07. The third-order valence-electron chi connectivity index (χ3n) is 2.05. The first kappa shape index (κ1) is 19.1. The van der Waals surface area contributed by atoms with Gasteiger partial charge in [-0.1, -0.05) is 5.18 Å². The number of amides is 2. The second-order valence-corrected chi connectivity index (χ2v) is 6.04. The van der Waals surface area contributed by atoms with Crippen molar-refractivity contribution in [3.05, 3.63) is 4.91 Å². The molecule has 0 heterocycles. The van der Waals surface area contributed by atoms with Crippen LogP contribution in [0.3, 0.4) is 0 Å². The Morgan fingerprint density at radius 1 is 1.05 bits per heavy atom. The molecule has 2 amide bonds. The number of nitrogens with one attached hydrogen (secondary N) is 2. The minimum absolute atomic E-state index is 0.0233. The van der Waals surface area contributed by atoms with Gasteiger partial charge in [0.05, 0.1) is 18.1 Å². The Morgan fingerprint density at radius 3 is 2.05 bits per heavy atom. The van der Waals surface area contributed by atoms with E-state index >= 15 is 0 Å². The minimum Gasteiger partial charge on any atom is -0.448 e. The smallest absolute Gasteiger partial charge is 0.407 e. The van der Waals surface area contributed by atoms with Crippen LogP contribution in [0, 0.1) is 4.91 Å². The van der Waals surface area contributed by atoms with Gasteiger partial charge in [-0.3, -0.25) is 0 Å². The van der Waals surface area contributed by atoms with E-state index in [-0.39, 0.29) is 37.8 Å². The molecule has 0 unspecified atom stereocenters. The third-order valence-corrected chi connectivity index (χ3v) is 3.63. The quantitative estimate of drug-likeness (QED) is 0.413. The van der Waals surface area contributed by atoms with Crippen LogP contribution in [0.25, 0.3) is 0 Å². The molecule has 0 saturated carbocycles. The summed E-state index contributed by atoms with van der Waals surface area (Å²) in [6.45, 7) is 1.41. The maximum Gasteiger partial charge on any atom is 0.407 e. The van der Waals surface area contributed by atoms with Gasteiger partial charge in [-0.15, -0.1) is 0 Å². The molecule has 0 aromatic rings. The summed E-state index contributed by atoms with van der Waals surface area (Å²) in [7, 11) is -3.49. The third kappa shape index (κ3) is 11.6. The molecule has 0 spiro atoms. The number of rotatable bonds is 10. The van der Waals surface area contributed by atoms with E-state index in [0.717, 1.165) is 0 Å². The van der Waals surface area contributed by atoms with Crippen molar-refractivity contribution in [2.24, 2.45) is 5.18 Å². The van der Waals surface area contributed by atoms with Gasteiger partial charge >= 0.3 is 12.2 Å². The molecule has 0 aromatic heterocycles. The molecule has 0 aliphatic heterocycles. The van der Waals surface area contributed by atoms with E-state index in [2.05, 4.69) is 25.3 Å². The van der Waals surface area contributed by atoms with Crippen LogP contribution in [0.15, 0.2) is 5.18 Å². The van der Waals surface area contributed by atoms with Crippen LogP contribution in [-0.2, 0) is 19.3 Å². The Labute approximate surface area is 122 Å². The van der Waals surface area contributed by atoms with Gasteiger partial charge in [-0.05, 0) is 6.92 Å². The Kier molecular flexibility index (Phi) is 9.84. The van der Waals surface area contributed by atoms with Gasteiger partial charge in [0.1, 0.15) is 13.2 Å². The monoisotopic (exact) mass is 325 g/mol. The first-order chi connectivity index (χ1) is 9.91. The van der Waals surface area contributed by atoms with Crippen molar-refractivity contribution >= 4 is 22.0 Å². The lowest BCUT2D eigenvalue weighted by atomic mass is 10.6. The van der Waals surface area contributed by atoms with Crippen molar-refractivity contribution in [2.75, 3.05) is 44.4 Å². The van der Waals surface area contributed by atoms with Gasteiger partial charge in [-0.2, -0.15) is 4.91 Å². The van der Waals surface area contributed by atoms with E-state index in [0.29, 0.717) is 6.54 Å². The summed E-state index contributed by atoms with van der Waals surface area (Å²) >= 11 is 0. The van der Waals surface area contributed by atoms with Crippen molar-refractivity contribution in [3.8, 4) is 0 Å². The number of alkyl carbamates (subject to hydrolysis) is 2. The molecule has 10 nitrogen and oxygen atoms in total. The van der Waals surface area contributed by atoms with Gasteiger partial charge < -0.3 is 20.1 Å². The summed E-state index contributed by atoms with van der Waals surface area (Å²) in [6, 6.07) is 0. The SMILES string of the molecule is CCNC(=O)OCCS(=O)(=O)CCOC(=O)NCCN=O. The summed E-state index contributed by atoms with van der Waals surface area (Å²) in [5.41, 5.74) is 0. The van der Waals surface area contributed by atoms with Crippen LogP contribution in [0.2, 0.25) is 0 Å². The summed E-state index contributed by atoms with van der Waals surface area (Å²) in [6.07, 6.45) is -1.51. The normalized spacial score (nSPS) is 10.5. The Hall–Kier alpha value is -1.91. The summed E-state index contributed by atoms with van der Waals surface area (Å²) in [5, 5.41) is 7.09. The van der Waals surface area contributed by atoms with Crippen molar-refractivity contribution in [1.29, 1.82) is 0 Å². The molecule has 11 heteroatoms. The number of carbonyl (C=O) groups is 2. The molecule has 0 saturated heterocycles. The number of hydrogen-bond acceptors (Lipinski definition) is 8. The predicted molar refractivity (Wildman–Crippen MR) is 73.7 cm³/mol. The average Bonchev–Trinajstić information content (AvgIpc) is 2.38. The first-order valence-electron chi connectivity index (χ1n) is 6.22. The number of hydrogen-bond donors (Lipinski definition) is 2. The molecule has 0 aromatic carbocycles. The maximum atomic E-state index is 11.5. The molecule has 0 aliphatic rings. The van der Waals surface area contributed by atoms with Gasteiger partial charge in [-0.25, -0.2) is 18.0 Å². The molecule has 122 valence electrons. The molecule has 0 bridgehead atoms. The highest BCUT2D eigenvalue weighted by Crippen LogP contribution is 1.93. The van der Waals surface area contributed by atoms with E-state index in [1.807, 2.05) is 0 Å². The second kappa shape index (κ2) is 10.8. The van der Waals surface area contributed by atoms with Crippen molar-refractivity contribution in [2.45, 2.75) is 6.92 Å². The standard InChI is InChI=1S/C10H19N3O7S/c1-2-11-9(14)19-5-7-21(17,18)8-6-20-10(15)12-3-4-13-16/h2-8H2,1H3,(H,11,14)(H,12,15). The Bertz CT molecular complexity index is 438. The summed E-state index contributed by atoms with van der Waals surface area (Å²) < 4.78 is 32.3. The second-order valence-electron chi connectivity index (χ2n) is 3.73. The van der Waals surface area contributed by atoms with Crippen molar-refractivity contribution in [1.82, 2.24) is 10.6 Å². The van der Waals surface area contributed by atoms with Gasteiger partial charge in [0.25, 0.3) is 0 Å². The Balaban J connectivity index is 3.79. The van der Waals surface area contributed by atoms with Crippen LogP contribution in [0.4, 0.5) is 9.59 Å². The summed E-state index contributed by atoms with van der Waals surface area (Å²) in [5.74, 6) is -0.741. The topological polar surface area (TPSA) is 140 Å². The molecule has 0 rings (SSSR count). The van der Waals surface area contributed by atoms with Crippen LogP contribution >= 0.6 is 0 Å². The zero-order valence-electron chi connectivity index (χ0n) is 11.7. The van der Waals surface area contributed by atoms with Gasteiger partial charge in [0, 0.05) is 13.1 Å². The van der Waals surface area contributed by atoms with Crippen molar-refractivity contribution < 1.29 is 27.5 Å². The van der Waals surface area contributed by atoms with E-state index < -0.39 is 22.0 Å². The molecule has 21 heavy (non-hydrogen) atoms. The van der Waals surface area contributed by atoms with E-state index in [4.69, 9.17) is 0 Å². The van der Waals surface area contributed by atoms with Crippen LogP contribution in [0.5, 0.6) is 0 Å². The number of carbonyl (C=O) groups excluding carboxylic acids is 2. The highest BCUT2D eigenvalue weighted by atomic mass is 32.2. The molecule has 0 fully saturated rings. The van der Waals surface area contributed by atoms with Crippen LogP contribution in [0.1, 0.15) is 6.92 Å². The molecule has 0 radical (unpaired) electrons. The van der Waals surface area contributed by atoms with Crippen LogP contribution < -0.4 is 10.6 Å². The fourth-order valence-corrected chi connectivity index (χ4v) is 1.95. The number of nitrogens with zero attached hydrogens (tertiary/aromatic N) is 1. The van der Waals surface area contributed by atoms with Crippen LogP contribution in [-0.4, -0.2) is 65.0 Å². The first-order valence-corrected chi connectivity index (χ1v) is 8.04. The number of ether oxygens (including phenoxy) is 2. The lowest BCUT2D eigenvalue weighted by molar-refractivity contribution is 0.152. The zero-order chi connectivity index (χ0) is 16.1. The predicted octanol–water partition coefficient (Wildman–Crippen LogP) is -0.360. The van der Waals surface area contributed by atoms with E-state index in [1.165, 1.54) is 0 Å². The molecule has 0 aliphatic carbocycles. The van der Waals surface area contributed by atoms with Crippen molar-refractivity contribution in [3.63, 3.8) is 0 Å². The largest absolute Gasteiger partial charge is 0.448 e. The highest BCUT2D eigenvalue weighted by Gasteiger charge is 2.13.